The van der Waals surface area contributed by atoms with E-state index >= 15 is 0 Å². The molecule has 3 N–H and O–H groups in total. The van der Waals surface area contributed by atoms with Crippen LogP contribution in [0.2, 0.25) is 0 Å². The quantitative estimate of drug-likeness (QED) is 0.826. The zero-order valence-corrected chi connectivity index (χ0v) is 9.52. The van der Waals surface area contributed by atoms with Gasteiger partial charge in [-0.1, -0.05) is 22.5 Å². The third kappa shape index (κ3) is 3.51. The van der Waals surface area contributed by atoms with Crippen LogP contribution < -0.4 is 11.1 Å². The summed E-state index contributed by atoms with van der Waals surface area (Å²) in [5.41, 5.74) is 6.04. The molecule has 0 spiro atoms. The first kappa shape index (κ1) is 12.0. The molecule has 0 amide bonds. The summed E-state index contributed by atoms with van der Waals surface area (Å²) in [6.07, 6.45) is -2.54. The molecule has 0 aliphatic carbocycles. The molecule has 0 saturated carbocycles. The molecule has 0 saturated heterocycles. The van der Waals surface area contributed by atoms with Crippen molar-refractivity contribution in [3.63, 3.8) is 0 Å². The zero-order valence-electron chi connectivity index (χ0n) is 7.93. The van der Waals surface area contributed by atoms with Gasteiger partial charge in [-0.2, -0.15) is 0 Å². The van der Waals surface area contributed by atoms with E-state index in [1.807, 2.05) is 0 Å². The summed E-state index contributed by atoms with van der Waals surface area (Å²) in [4.78, 5) is 0. The Bertz CT molecular complexity index is 366. The average molecular weight is 277 g/mol. The summed E-state index contributed by atoms with van der Waals surface area (Å²) < 4.78 is 25.9. The molecule has 5 heteroatoms. The first-order chi connectivity index (χ1) is 7.00. The number of anilines is 2. The second-order valence-corrected chi connectivity index (χ2v) is 4.14. The fraction of sp³-hybridized carbons (Fsp3) is 0.200. The molecule has 2 nitrogen and oxygen atoms in total. The first-order valence-corrected chi connectivity index (χ1v) is 5.04. The van der Waals surface area contributed by atoms with E-state index in [-0.39, 0.29) is 5.56 Å². The summed E-state index contributed by atoms with van der Waals surface area (Å²) in [6, 6.07) is 4.38. The minimum atomic E-state index is -2.54. The Kier molecular flexibility index (Phi) is 4.08. The molecule has 1 aromatic carbocycles. The predicted molar refractivity (Wildman–Crippen MR) is 62.4 cm³/mol. The van der Waals surface area contributed by atoms with Gasteiger partial charge in [-0.25, -0.2) is 8.78 Å². The molecule has 1 rings (SSSR count). The lowest BCUT2D eigenvalue weighted by Crippen LogP contribution is -2.04. The van der Waals surface area contributed by atoms with Crippen LogP contribution in [0, 0.1) is 0 Å². The predicted octanol–water partition coefficient (Wildman–Crippen LogP) is 3.53. The van der Waals surface area contributed by atoms with Crippen molar-refractivity contribution < 1.29 is 8.78 Å². The molecule has 0 atom stereocenters. The number of nitrogens with one attached hydrogen (secondary N) is 1. The van der Waals surface area contributed by atoms with E-state index in [1.165, 1.54) is 12.1 Å². The fourth-order valence-corrected chi connectivity index (χ4v) is 1.25. The number of benzene rings is 1. The smallest absolute Gasteiger partial charge is 0.265 e. The maximum absolute atomic E-state index is 12.6. The highest BCUT2D eigenvalue weighted by Crippen LogP contribution is 2.29. The monoisotopic (exact) mass is 276 g/mol. The van der Waals surface area contributed by atoms with Crippen molar-refractivity contribution in [1.29, 1.82) is 0 Å². The topological polar surface area (TPSA) is 38.0 Å². The molecular weight excluding hydrogens is 266 g/mol. The van der Waals surface area contributed by atoms with Gasteiger partial charge in [-0.05, 0) is 18.2 Å². The van der Waals surface area contributed by atoms with Crippen LogP contribution in [0.4, 0.5) is 20.2 Å². The average Bonchev–Trinajstić information content (AvgIpc) is 2.15. The minimum absolute atomic E-state index is 0.0937. The van der Waals surface area contributed by atoms with Crippen LogP contribution in [0.5, 0.6) is 0 Å². The summed E-state index contributed by atoms with van der Waals surface area (Å²) in [6.45, 7) is 4.00. The molecular formula is C10H11BrF2N2. The number of hydrogen-bond donors (Lipinski definition) is 2. The summed E-state index contributed by atoms with van der Waals surface area (Å²) in [5, 5.41) is 2.84. The molecule has 0 fully saturated rings. The van der Waals surface area contributed by atoms with Crippen LogP contribution in [-0.2, 0) is 0 Å². The molecule has 15 heavy (non-hydrogen) atoms. The van der Waals surface area contributed by atoms with Crippen LogP contribution in [0.3, 0.4) is 0 Å². The number of nitrogens with two attached hydrogens (primary N) is 1. The molecule has 0 bridgehead atoms. The molecule has 0 unspecified atom stereocenters. The minimum Gasteiger partial charge on any atom is -0.399 e. The second kappa shape index (κ2) is 5.11. The van der Waals surface area contributed by atoms with Crippen LogP contribution in [0.25, 0.3) is 0 Å². The van der Waals surface area contributed by atoms with Gasteiger partial charge in [0, 0.05) is 28.0 Å². The van der Waals surface area contributed by atoms with Crippen molar-refractivity contribution >= 4 is 27.3 Å². The van der Waals surface area contributed by atoms with E-state index in [2.05, 4.69) is 27.8 Å². The van der Waals surface area contributed by atoms with E-state index in [0.717, 1.165) is 0 Å². The summed E-state index contributed by atoms with van der Waals surface area (Å²) in [7, 11) is 0. The van der Waals surface area contributed by atoms with E-state index in [9.17, 15) is 8.78 Å². The maximum atomic E-state index is 12.6. The Morgan fingerprint density at radius 2 is 2.20 bits per heavy atom. The molecule has 0 radical (unpaired) electrons. The van der Waals surface area contributed by atoms with E-state index in [0.29, 0.717) is 22.4 Å². The normalized spacial score (nSPS) is 10.4. The van der Waals surface area contributed by atoms with Crippen LogP contribution >= 0.6 is 15.9 Å². The Morgan fingerprint density at radius 1 is 1.53 bits per heavy atom. The van der Waals surface area contributed by atoms with Crippen LogP contribution in [0.1, 0.15) is 12.0 Å². The number of rotatable bonds is 4. The van der Waals surface area contributed by atoms with E-state index < -0.39 is 6.43 Å². The van der Waals surface area contributed by atoms with Gasteiger partial charge in [0.25, 0.3) is 6.43 Å². The van der Waals surface area contributed by atoms with Gasteiger partial charge in [0.05, 0.1) is 0 Å². The Labute approximate surface area is 95.3 Å². The van der Waals surface area contributed by atoms with Gasteiger partial charge < -0.3 is 11.1 Å². The van der Waals surface area contributed by atoms with Gasteiger partial charge in [0.15, 0.2) is 0 Å². The largest absolute Gasteiger partial charge is 0.399 e. The summed E-state index contributed by atoms with van der Waals surface area (Å²) in [5.74, 6) is 0. The fourth-order valence-electron chi connectivity index (χ4n) is 1.11. The molecule has 0 heterocycles. The maximum Gasteiger partial charge on any atom is 0.265 e. The third-order valence-electron chi connectivity index (χ3n) is 1.78. The van der Waals surface area contributed by atoms with Gasteiger partial charge in [0.1, 0.15) is 0 Å². The van der Waals surface area contributed by atoms with Crippen LogP contribution in [0.15, 0.2) is 29.3 Å². The Hall–Kier alpha value is -1.10. The van der Waals surface area contributed by atoms with Crippen LogP contribution in [-0.4, -0.2) is 6.54 Å². The van der Waals surface area contributed by atoms with Crippen molar-refractivity contribution in [2.45, 2.75) is 6.43 Å². The van der Waals surface area contributed by atoms with Crippen molar-refractivity contribution in [1.82, 2.24) is 0 Å². The first-order valence-electron chi connectivity index (χ1n) is 4.25. The Balaban J connectivity index is 2.90. The second-order valence-electron chi connectivity index (χ2n) is 3.02. The lowest BCUT2D eigenvalue weighted by molar-refractivity contribution is 0.152. The Morgan fingerprint density at radius 3 is 2.73 bits per heavy atom. The lowest BCUT2D eigenvalue weighted by atomic mass is 10.1. The van der Waals surface area contributed by atoms with Crippen molar-refractivity contribution in [3.8, 4) is 0 Å². The van der Waals surface area contributed by atoms with Crippen molar-refractivity contribution in [2.75, 3.05) is 17.6 Å². The van der Waals surface area contributed by atoms with Crippen molar-refractivity contribution in [3.05, 3.63) is 34.8 Å². The third-order valence-corrected chi connectivity index (χ3v) is 2.06. The molecule has 82 valence electrons. The highest BCUT2D eigenvalue weighted by atomic mass is 79.9. The van der Waals surface area contributed by atoms with Gasteiger partial charge >= 0.3 is 0 Å². The molecule has 1 aromatic rings. The van der Waals surface area contributed by atoms with Gasteiger partial charge in [-0.3, -0.25) is 0 Å². The number of hydrogen-bond acceptors (Lipinski definition) is 2. The SMILES string of the molecule is C=C(Br)CNc1ccc(N)cc1C(F)F. The highest BCUT2D eigenvalue weighted by molar-refractivity contribution is 9.11. The van der Waals surface area contributed by atoms with Crippen molar-refractivity contribution in [2.24, 2.45) is 0 Å². The van der Waals surface area contributed by atoms with Gasteiger partial charge in [-0.15, -0.1) is 0 Å². The molecule has 0 aliphatic heterocycles. The zero-order chi connectivity index (χ0) is 11.4. The standard InChI is InChI=1S/C10H11BrF2N2/c1-6(11)5-15-9-3-2-7(14)4-8(9)10(12)13/h2-4,10,15H,1,5,14H2. The molecule has 0 aliphatic rings. The lowest BCUT2D eigenvalue weighted by Gasteiger charge is -2.11. The highest BCUT2D eigenvalue weighted by Gasteiger charge is 2.12. The number of alkyl halides is 2. The summed E-state index contributed by atoms with van der Waals surface area (Å²) >= 11 is 3.14. The van der Waals surface area contributed by atoms with E-state index in [1.54, 1.807) is 6.07 Å². The number of nitrogen functional groups attached to an aromatic ring is 1. The number of halogens is 3. The van der Waals surface area contributed by atoms with Gasteiger partial charge in [0.2, 0.25) is 0 Å². The molecule has 0 aromatic heterocycles. The van der Waals surface area contributed by atoms with E-state index in [4.69, 9.17) is 5.73 Å².